The second-order valence-electron chi connectivity index (χ2n) is 4.89. The first-order valence-electron chi connectivity index (χ1n) is 6.54. The lowest BCUT2D eigenvalue weighted by atomic mass is 10.1. The maximum absolute atomic E-state index is 4.33. The van der Waals surface area contributed by atoms with E-state index >= 15 is 0 Å². The molecule has 1 aromatic rings. The third-order valence-corrected chi connectivity index (χ3v) is 4.78. The Labute approximate surface area is 108 Å². The first kappa shape index (κ1) is 13.0. The van der Waals surface area contributed by atoms with Crippen molar-refractivity contribution in [2.24, 2.45) is 0 Å². The van der Waals surface area contributed by atoms with Gasteiger partial charge in [0.05, 0.1) is 6.20 Å². The maximum Gasteiger partial charge on any atom is 0.0537 e. The normalized spacial score (nSPS) is 26.3. The summed E-state index contributed by atoms with van der Waals surface area (Å²) in [5.74, 6) is 0. The van der Waals surface area contributed by atoms with Crippen LogP contribution >= 0.6 is 11.8 Å². The Bertz CT molecular complexity index is 350. The van der Waals surface area contributed by atoms with Crippen LogP contribution in [0.2, 0.25) is 0 Å². The predicted molar refractivity (Wildman–Crippen MR) is 74.4 cm³/mol. The number of aromatic nitrogens is 2. The summed E-state index contributed by atoms with van der Waals surface area (Å²) in [4.78, 5) is 0. The van der Waals surface area contributed by atoms with E-state index in [4.69, 9.17) is 0 Å². The van der Waals surface area contributed by atoms with Gasteiger partial charge in [-0.3, -0.25) is 4.68 Å². The first-order chi connectivity index (χ1) is 8.22. The van der Waals surface area contributed by atoms with Crippen LogP contribution in [0.4, 0.5) is 0 Å². The van der Waals surface area contributed by atoms with E-state index < -0.39 is 0 Å². The van der Waals surface area contributed by atoms with Crippen molar-refractivity contribution in [3.8, 4) is 0 Å². The number of nitrogens with zero attached hydrogens (tertiary/aromatic N) is 2. The second kappa shape index (κ2) is 5.91. The molecular weight excluding hydrogens is 230 g/mol. The number of hydrogen-bond donors (Lipinski definition) is 1. The van der Waals surface area contributed by atoms with Crippen LogP contribution in [-0.4, -0.2) is 27.3 Å². The highest BCUT2D eigenvalue weighted by Crippen LogP contribution is 2.29. The van der Waals surface area contributed by atoms with E-state index in [2.05, 4.69) is 36.7 Å². The lowest BCUT2D eigenvalue weighted by Gasteiger charge is -2.18. The zero-order valence-electron chi connectivity index (χ0n) is 11.0. The zero-order valence-corrected chi connectivity index (χ0v) is 11.8. The van der Waals surface area contributed by atoms with Gasteiger partial charge >= 0.3 is 0 Å². The van der Waals surface area contributed by atoms with Crippen LogP contribution in [0.3, 0.4) is 0 Å². The fourth-order valence-corrected chi connectivity index (χ4v) is 3.33. The highest BCUT2D eigenvalue weighted by Gasteiger charge is 2.25. The molecular formula is C13H23N3S. The van der Waals surface area contributed by atoms with E-state index in [1.807, 2.05) is 22.6 Å². The highest BCUT2D eigenvalue weighted by atomic mass is 32.2. The number of nitrogens with one attached hydrogen (secondary N) is 1. The average Bonchev–Trinajstić information content (AvgIpc) is 2.96. The Kier molecular flexibility index (Phi) is 4.51. The lowest BCUT2D eigenvalue weighted by molar-refractivity contribution is 0.461. The number of aryl methyl sites for hydroxylation is 1. The molecule has 1 saturated carbocycles. The van der Waals surface area contributed by atoms with E-state index in [0.29, 0.717) is 12.1 Å². The second-order valence-corrected chi connectivity index (χ2v) is 6.02. The monoisotopic (exact) mass is 253 g/mol. The summed E-state index contributed by atoms with van der Waals surface area (Å²) in [6.45, 7) is 5.31. The van der Waals surface area contributed by atoms with Crippen molar-refractivity contribution in [3.05, 3.63) is 18.0 Å². The van der Waals surface area contributed by atoms with Crippen molar-refractivity contribution >= 4 is 11.8 Å². The summed E-state index contributed by atoms with van der Waals surface area (Å²) in [6, 6.07) is 1.10. The van der Waals surface area contributed by atoms with Gasteiger partial charge in [-0.15, -0.1) is 0 Å². The molecule has 1 aliphatic rings. The molecule has 3 unspecified atom stereocenters. The van der Waals surface area contributed by atoms with E-state index in [9.17, 15) is 0 Å². The van der Waals surface area contributed by atoms with Crippen LogP contribution in [0, 0.1) is 0 Å². The summed E-state index contributed by atoms with van der Waals surface area (Å²) in [6.07, 6.45) is 10.4. The zero-order chi connectivity index (χ0) is 12.3. The Morgan fingerprint density at radius 1 is 1.59 bits per heavy atom. The Morgan fingerprint density at radius 2 is 2.41 bits per heavy atom. The van der Waals surface area contributed by atoms with Gasteiger partial charge in [-0.05, 0) is 39.4 Å². The molecule has 96 valence electrons. The van der Waals surface area contributed by atoms with Crippen LogP contribution in [0.25, 0.3) is 0 Å². The molecule has 1 fully saturated rings. The SMILES string of the molecule is CCn1cc(C(C)NC2CCC(SC)C2)cn1. The summed E-state index contributed by atoms with van der Waals surface area (Å²) in [7, 11) is 0. The molecule has 0 amide bonds. The molecule has 1 heterocycles. The Morgan fingerprint density at radius 3 is 3.00 bits per heavy atom. The van der Waals surface area contributed by atoms with Crippen LogP contribution in [0.15, 0.2) is 12.4 Å². The minimum Gasteiger partial charge on any atom is -0.307 e. The smallest absolute Gasteiger partial charge is 0.0537 e. The topological polar surface area (TPSA) is 29.9 Å². The summed E-state index contributed by atoms with van der Waals surface area (Å²) >= 11 is 2.01. The van der Waals surface area contributed by atoms with Crippen molar-refractivity contribution in [2.45, 2.75) is 57.0 Å². The minimum atomic E-state index is 0.418. The van der Waals surface area contributed by atoms with E-state index in [0.717, 1.165) is 11.8 Å². The van der Waals surface area contributed by atoms with Gasteiger partial charge in [-0.25, -0.2) is 0 Å². The van der Waals surface area contributed by atoms with E-state index in [1.54, 1.807) is 0 Å². The molecule has 0 spiro atoms. The first-order valence-corrected chi connectivity index (χ1v) is 7.83. The highest BCUT2D eigenvalue weighted by molar-refractivity contribution is 7.99. The van der Waals surface area contributed by atoms with E-state index in [-0.39, 0.29) is 0 Å². The molecule has 0 saturated heterocycles. The van der Waals surface area contributed by atoms with Gasteiger partial charge in [0, 0.05) is 35.6 Å². The van der Waals surface area contributed by atoms with Crippen LogP contribution in [-0.2, 0) is 6.54 Å². The van der Waals surface area contributed by atoms with Gasteiger partial charge in [0.25, 0.3) is 0 Å². The van der Waals surface area contributed by atoms with Gasteiger partial charge in [-0.2, -0.15) is 16.9 Å². The molecule has 2 rings (SSSR count). The molecule has 0 aromatic carbocycles. The average molecular weight is 253 g/mol. The van der Waals surface area contributed by atoms with Gasteiger partial charge in [0.15, 0.2) is 0 Å². The maximum atomic E-state index is 4.33. The largest absolute Gasteiger partial charge is 0.307 e. The molecule has 4 heteroatoms. The fourth-order valence-electron chi connectivity index (χ4n) is 2.53. The van der Waals surface area contributed by atoms with Gasteiger partial charge in [0.2, 0.25) is 0 Å². The number of rotatable bonds is 5. The molecule has 17 heavy (non-hydrogen) atoms. The Balaban J connectivity index is 1.86. The standard InChI is InChI=1S/C13H23N3S/c1-4-16-9-11(8-14-16)10(2)15-12-5-6-13(7-12)17-3/h8-10,12-13,15H,4-7H2,1-3H3. The molecule has 0 radical (unpaired) electrons. The van der Waals surface area contributed by atoms with Crippen molar-refractivity contribution in [2.75, 3.05) is 6.26 Å². The predicted octanol–water partition coefficient (Wildman–Crippen LogP) is 2.84. The fraction of sp³-hybridized carbons (Fsp3) is 0.769. The molecule has 3 atom stereocenters. The van der Waals surface area contributed by atoms with Crippen LogP contribution in [0.1, 0.15) is 44.7 Å². The third-order valence-electron chi connectivity index (χ3n) is 3.68. The van der Waals surface area contributed by atoms with Crippen LogP contribution < -0.4 is 5.32 Å². The van der Waals surface area contributed by atoms with Crippen molar-refractivity contribution in [1.29, 1.82) is 0 Å². The molecule has 1 N–H and O–H groups in total. The van der Waals surface area contributed by atoms with Crippen molar-refractivity contribution in [3.63, 3.8) is 0 Å². The molecule has 0 bridgehead atoms. The molecule has 1 aromatic heterocycles. The van der Waals surface area contributed by atoms with Gasteiger partial charge in [-0.1, -0.05) is 0 Å². The Hall–Kier alpha value is -0.480. The number of hydrogen-bond acceptors (Lipinski definition) is 3. The quantitative estimate of drug-likeness (QED) is 0.875. The van der Waals surface area contributed by atoms with E-state index in [1.165, 1.54) is 24.8 Å². The summed E-state index contributed by atoms with van der Waals surface area (Å²) < 4.78 is 1.99. The molecule has 1 aliphatic carbocycles. The van der Waals surface area contributed by atoms with Crippen molar-refractivity contribution in [1.82, 2.24) is 15.1 Å². The van der Waals surface area contributed by atoms with Gasteiger partial charge < -0.3 is 5.32 Å². The lowest BCUT2D eigenvalue weighted by Crippen LogP contribution is -2.29. The number of thioether (sulfide) groups is 1. The third kappa shape index (κ3) is 3.26. The molecule has 0 aliphatic heterocycles. The summed E-state index contributed by atoms with van der Waals surface area (Å²) in [5.41, 5.74) is 1.31. The van der Waals surface area contributed by atoms with Gasteiger partial charge in [0.1, 0.15) is 0 Å². The van der Waals surface area contributed by atoms with Crippen LogP contribution in [0.5, 0.6) is 0 Å². The molecule has 3 nitrogen and oxygen atoms in total. The minimum absolute atomic E-state index is 0.418. The van der Waals surface area contributed by atoms with Crippen molar-refractivity contribution < 1.29 is 0 Å². The summed E-state index contributed by atoms with van der Waals surface area (Å²) in [5, 5.41) is 8.92.